The average molecular weight is 481 g/mol. The number of aromatic nitrogens is 2. The number of benzene rings is 3. The summed E-state index contributed by atoms with van der Waals surface area (Å²) in [5, 5.41) is 0.197. The fourth-order valence-corrected chi connectivity index (χ4v) is 5.18. The van der Waals surface area contributed by atoms with Crippen LogP contribution in [-0.2, 0) is 9.96 Å². The molecule has 4 aromatic rings. The third-order valence-electron chi connectivity index (χ3n) is 7.20. The topological polar surface area (TPSA) is 27.1 Å². The molecule has 0 atom stereocenters. The number of hydrogen-bond acceptors (Lipinski definition) is 2. The van der Waals surface area contributed by atoms with E-state index in [0.717, 1.165) is 5.69 Å². The van der Waals surface area contributed by atoms with Crippen LogP contribution in [0.15, 0.2) is 110 Å². The first kappa shape index (κ1) is 24.9. The maximum absolute atomic E-state index is 6.32. The number of hydrogen-bond donors (Lipinski definition) is 0. The highest BCUT2D eigenvalue weighted by Crippen LogP contribution is 2.41. The van der Waals surface area contributed by atoms with Gasteiger partial charge in [0.25, 0.3) is 0 Å². The van der Waals surface area contributed by atoms with Gasteiger partial charge in [0, 0.05) is 6.20 Å². The average Bonchev–Trinajstić information content (AvgIpc) is 3.33. The molecular formula is C31H36N2OSi. The lowest BCUT2D eigenvalue weighted by Crippen LogP contribution is -2.40. The van der Waals surface area contributed by atoms with Crippen LogP contribution < -0.4 is 0 Å². The molecule has 0 saturated carbocycles. The van der Waals surface area contributed by atoms with Gasteiger partial charge in [-0.25, -0.2) is 4.98 Å². The Hall–Kier alpha value is -3.21. The van der Waals surface area contributed by atoms with Gasteiger partial charge >= 0.3 is 0 Å². The summed E-state index contributed by atoms with van der Waals surface area (Å²) in [4.78, 5) is 4.77. The van der Waals surface area contributed by atoms with Crippen molar-refractivity contribution in [3.63, 3.8) is 0 Å². The normalized spacial score (nSPS) is 12.8. The molecule has 180 valence electrons. The lowest BCUT2D eigenvalue weighted by atomic mass is 9.77. The summed E-state index contributed by atoms with van der Waals surface area (Å²) in [7, 11) is -1.78. The molecular weight excluding hydrogens is 444 g/mol. The van der Waals surface area contributed by atoms with E-state index in [1.165, 1.54) is 16.7 Å². The van der Waals surface area contributed by atoms with Crippen LogP contribution in [0.2, 0.25) is 18.1 Å². The monoisotopic (exact) mass is 480 g/mol. The van der Waals surface area contributed by atoms with E-state index in [1.807, 2.05) is 6.33 Å². The molecule has 0 aliphatic heterocycles. The van der Waals surface area contributed by atoms with Crippen LogP contribution in [-0.4, -0.2) is 24.5 Å². The zero-order chi connectivity index (χ0) is 24.9. The molecule has 1 heterocycles. The first-order valence-corrected chi connectivity index (χ1v) is 15.2. The standard InChI is InChI=1S/C31H36N2OSi/c1-30(2,3)35(4,5)34-23-15-22-29-24-33(25-32-29)31(26-16-9-6-10-17-26,27-18-11-7-12-19-27)28-20-13-8-14-21-28/h6-22,24-25H,23H2,1-5H3/b22-15+. The Morgan fingerprint density at radius 1 is 0.771 bits per heavy atom. The Morgan fingerprint density at radius 3 is 1.66 bits per heavy atom. The summed E-state index contributed by atoms with van der Waals surface area (Å²) in [6.07, 6.45) is 8.23. The lowest BCUT2D eigenvalue weighted by Gasteiger charge is -2.37. The summed E-state index contributed by atoms with van der Waals surface area (Å²) in [6.45, 7) is 12.0. The molecule has 0 unspecified atom stereocenters. The number of imidazole rings is 1. The molecule has 1 aromatic heterocycles. The molecule has 3 aromatic carbocycles. The van der Waals surface area contributed by atoms with Crippen molar-refractivity contribution in [2.75, 3.05) is 6.61 Å². The first-order chi connectivity index (χ1) is 16.7. The van der Waals surface area contributed by atoms with Gasteiger partial charge in [-0.15, -0.1) is 0 Å². The molecule has 0 amide bonds. The molecule has 0 saturated heterocycles. The molecule has 0 aliphatic rings. The molecule has 35 heavy (non-hydrogen) atoms. The van der Waals surface area contributed by atoms with Gasteiger partial charge in [0.1, 0.15) is 5.54 Å². The van der Waals surface area contributed by atoms with Crippen LogP contribution in [0, 0.1) is 0 Å². The molecule has 0 bridgehead atoms. The Bertz CT molecular complexity index is 1140. The van der Waals surface area contributed by atoms with Crippen LogP contribution in [0.3, 0.4) is 0 Å². The van der Waals surface area contributed by atoms with Gasteiger partial charge in [0.2, 0.25) is 0 Å². The van der Waals surface area contributed by atoms with E-state index >= 15 is 0 Å². The maximum Gasteiger partial charge on any atom is 0.192 e. The number of rotatable bonds is 8. The van der Waals surface area contributed by atoms with Crippen molar-refractivity contribution in [3.05, 3.63) is 132 Å². The highest BCUT2D eigenvalue weighted by molar-refractivity contribution is 6.74. The minimum atomic E-state index is -1.78. The quantitative estimate of drug-likeness (QED) is 0.190. The van der Waals surface area contributed by atoms with Gasteiger partial charge in [-0.1, -0.05) is 118 Å². The smallest absolute Gasteiger partial charge is 0.192 e. The summed E-state index contributed by atoms with van der Waals surface area (Å²) < 4.78 is 8.55. The summed E-state index contributed by atoms with van der Waals surface area (Å²) in [6, 6.07) is 32.0. The second-order valence-electron chi connectivity index (χ2n) is 10.5. The molecule has 0 radical (unpaired) electrons. The van der Waals surface area contributed by atoms with Gasteiger partial charge < -0.3 is 8.99 Å². The van der Waals surface area contributed by atoms with Crippen molar-refractivity contribution in [2.45, 2.75) is 44.4 Å². The largest absolute Gasteiger partial charge is 0.413 e. The highest BCUT2D eigenvalue weighted by Gasteiger charge is 2.38. The molecule has 3 nitrogen and oxygen atoms in total. The minimum absolute atomic E-state index is 0.197. The zero-order valence-electron chi connectivity index (χ0n) is 21.5. The highest BCUT2D eigenvalue weighted by atomic mass is 28.4. The molecule has 0 fully saturated rings. The van der Waals surface area contributed by atoms with Crippen LogP contribution in [0.25, 0.3) is 6.08 Å². The predicted molar refractivity (Wildman–Crippen MR) is 149 cm³/mol. The van der Waals surface area contributed by atoms with Crippen molar-refractivity contribution < 1.29 is 4.43 Å². The Kier molecular flexibility index (Phi) is 7.25. The van der Waals surface area contributed by atoms with Crippen molar-refractivity contribution in [1.82, 2.24) is 9.55 Å². The fourth-order valence-electron chi connectivity index (χ4n) is 4.23. The maximum atomic E-state index is 6.32. The van der Waals surface area contributed by atoms with Gasteiger partial charge in [0.05, 0.1) is 18.6 Å². The van der Waals surface area contributed by atoms with E-state index < -0.39 is 13.9 Å². The second kappa shape index (κ2) is 10.2. The Morgan fingerprint density at radius 2 is 1.23 bits per heavy atom. The van der Waals surface area contributed by atoms with Crippen molar-refractivity contribution in [3.8, 4) is 0 Å². The molecule has 4 heteroatoms. The number of nitrogens with zero attached hydrogens (tertiary/aromatic N) is 2. The van der Waals surface area contributed by atoms with Crippen molar-refractivity contribution in [1.29, 1.82) is 0 Å². The molecule has 0 N–H and O–H groups in total. The van der Waals surface area contributed by atoms with E-state index in [9.17, 15) is 0 Å². The van der Waals surface area contributed by atoms with E-state index in [0.29, 0.717) is 6.61 Å². The van der Waals surface area contributed by atoms with Crippen LogP contribution in [0.5, 0.6) is 0 Å². The molecule has 4 rings (SSSR count). The Labute approximate surface area is 211 Å². The van der Waals surface area contributed by atoms with Crippen molar-refractivity contribution >= 4 is 14.4 Å². The van der Waals surface area contributed by atoms with E-state index in [-0.39, 0.29) is 5.04 Å². The second-order valence-corrected chi connectivity index (χ2v) is 15.3. The minimum Gasteiger partial charge on any atom is -0.413 e. The Balaban J connectivity index is 1.75. The predicted octanol–water partition coefficient (Wildman–Crippen LogP) is 7.76. The third kappa shape index (κ3) is 5.09. The summed E-state index contributed by atoms with van der Waals surface area (Å²) in [5.74, 6) is 0. The lowest BCUT2D eigenvalue weighted by molar-refractivity contribution is 0.328. The zero-order valence-corrected chi connectivity index (χ0v) is 22.5. The third-order valence-corrected chi connectivity index (χ3v) is 11.7. The summed E-state index contributed by atoms with van der Waals surface area (Å²) in [5.41, 5.74) is 3.93. The van der Waals surface area contributed by atoms with Crippen molar-refractivity contribution in [2.24, 2.45) is 0 Å². The van der Waals surface area contributed by atoms with Crippen LogP contribution in [0.4, 0.5) is 0 Å². The summed E-state index contributed by atoms with van der Waals surface area (Å²) >= 11 is 0. The fraction of sp³-hybridized carbons (Fsp3) is 0.258. The molecule has 0 aliphatic carbocycles. The van der Waals surface area contributed by atoms with Crippen LogP contribution in [0.1, 0.15) is 43.2 Å². The van der Waals surface area contributed by atoms with Gasteiger partial charge in [-0.2, -0.15) is 0 Å². The van der Waals surface area contributed by atoms with Gasteiger partial charge in [-0.3, -0.25) is 0 Å². The SMILES string of the molecule is CC(C)(C)[Si](C)(C)OC/C=C/c1cn(C(c2ccccc2)(c2ccccc2)c2ccccc2)cn1. The van der Waals surface area contributed by atoms with Crippen LogP contribution >= 0.6 is 0 Å². The van der Waals surface area contributed by atoms with Gasteiger partial charge in [-0.05, 0) is 40.9 Å². The van der Waals surface area contributed by atoms with E-state index in [1.54, 1.807) is 0 Å². The molecule has 0 spiro atoms. The van der Waals surface area contributed by atoms with E-state index in [4.69, 9.17) is 9.41 Å². The van der Waals surface area contributed by atoms with Gasteiger partial charge in [0.15, 0.2) is 8.32 Å². The van der Waals surface area contributed by atoms with E-state index in [2.05, 4.69) is 148 Å². The first-order valence-electron chi connectivity index (χ1n) is 12.3.